The summed E-state index contributed by atoms with van der Waals surface area (Å²) in [6, 6.07) is 15.9. The number of ketones is 1. The molecule has 1 amide bonds. The predicted molar refractivity (Wildman–Crippen MR) is 90.5 cm³/mol. The van der Waals surface area contributed by atoms with Crippen LogP contribution in [-0.4, -0.2) is 16.3 Å². The number of amides is 1. The van der Waals surface area contributed by atoms with Gasteiger partial charge in [0.1, 0.15) is 0 Å². The Bertz CT molecular complexity index is 908. The molecule has 2 aromatic carbocycles. The Labute approximate surface area is 134 Å². The van der Waals surface area contributed by atoms with E-state index in [-0.39, 0.29) is 0 Å². The van der Waals surface area contributed by atoms with Crippen molar-refractivity contribution in [3.8, 4) is 0 Å². The van der Waals surface area contributed by atoms with E-state index in [4.69, 9.17) is 5.73 Å². The highest BCUT2D eigenvalue weighted by atomic mass is 16.2. The van der Waals surface area contributed by atoms with Gasteiger partial charge in [-0.15, -0.1) is 0 Å². The zero-order valence-corrected chi connectivity index (χ0v) is 13.2. The minimum Gasteiger partial charge on any atom is -0.363 e. The summed E-state index contributed by atoms with van der Waals surface area (Å²) in [5.41, 5.74) is 9.46. The largest absolute Gasteiger partial charge is 0.363 e. The van der Waals surface area contributed by atoms with Crippen molar-refractivity contribution in [2.24, 2.45) is 5.73 Å². The monoisotopic (exact) mass is 306 g/mol. The number of primary amides is 1. The number of nitrogens with zero attached hydrogens (tertiary/aromatic N) is 1. The van der Waals surface area contributed by atoms with Crippen molar-refractivity contribution < 1.29 is 9.59 Å². The third kappa shape index (κ3) is 2.52. The second kappa shape index (κ2) is 5.72. The third-order valence-corrected chi connectivity index (χ3v) is 4.19. The molecule has 23 heavy (non-hydrogen) atoms. The zero-order chi connectivity index (χ0) is 16.6. The van der Waals surface area contributed by atoms with Gasteiger partial charge in [-0.1, -0.05) is 42.5 Å². The van der Waals surface area contributed by atoms with E-state index in [1.165, 1.54) is 0 Å². The van der Waals surface area contributed by atoms with Gasteiger partial charge in [-0.05, 0) is 31.0 Å². The fourth-order valence-electron chi connectivity index (χ4n) is 3.07. The van der Waals surface area contributed by atoms with Gasteiger partial charge in [-0.3, -0.25) is 9.59 Å². The lowest BCUT2D eigenvalue weighted by molar-refractivity contribution is -0.114. The van der Waals surface area contributed by atoms with E-state index in [0.29, 0.717) is 12.1 Å². The fourth-order valence-corrected chi connectivity index (χ4v) is 3.07. The van der Waals surface area contributed by atoms with E-state index in [2.05, 4.69) is 4.57 Å². The molecular formula is C19H18N2O2. The Morgan fingerprint density at radius 3 is 2.35 bits per heavy atom. The molecule has 3 rings (SSSR count). The van der Waals surface area contributed by atoms with Crippen molar-refractivity contribution >= 4 is 22.6 Å². The normalized spacial score (nSPS) is 10.9. The Morgan fingerprint density at radius 2 is 1.70 bits per heavy atom. The number of carbonyl (C=O) groups excluding carboxylic acids is 2. The highest BCUT2D eigenvalue weighted by Gasteiger charge is 2.24. The van der Waals surface area contributed by atoms with Gasteiger partial charge < -0.3 is 10.3 Å². The molecule has 0 saturated heterocycles. The van der Waals surface area contributed by atoms with Gasteiger partial charge in [0.15, 0.2) is 0 Å². The van der Waals surface area contributed by atoms with Gasteiger partial charge in [0.25, 0.3) is 11.7 Å². The maximum Gasteiger partial charge on any atom is 0.289 e. The molecule has 0 bridgehead atoms. The number of aromatic nitrogens is 1. The fraction of sp³-hybridized carbons (Fsp3) is 0.158. The van der Waals surface area contributed by atoms with Crippen molar-refractivity contribution in [1.29, 1.82) is 0 Å². The lowest BCUT2D eigenvalue weighted by atomic mass is 10.0. The smallest absolute Gasteiger partial charge is 0.289 e. The summed E-state index contributed by atoms with van der Waals surface area (Å²) >= 11 is 0. The Morgan fingerprint density at radius 1 is 1.00 bits per heavy atom. The summed E-state index contributed by atoms with van der Waals surface area (Å²) in [7, 11) is 0. The molecular weight excluding hydrogens is 288 g/mol. The number of benzene rings is 2. The summed E-state index contributed by atoms with van der Waals surface area (Å²) < 4.78 is 2.06. The molecule has 0 radical (unpaired) electrons. The average Bonchev–Trinajstić information content (AvgIpc) is 2.82. The van der Waals surface area contributed by atoms with E-state index in [9.17, 15) is 9.59 Å². The van der Waals surface area contributed by atoms with Crippen LogP contribution in [0.4, 0.5) is 0 Å². The number of carbonyl (C=O) groups is 2. The third-order valence-electron chi connectivity index (χ3n) is 4.19. The first-order valence-corrected chi connectivity index (χ1v) is 7.47. The van der Waals surface area contributed by atoms with Gasteiger partial charge >= 0.3 is 0 Å². The number of hydrogen-bond donors (Lipinski definition) is 1. The summed E-state index contributed by atoms with van der Waals surface area (Å²) in [4.78, 5) is 23.7. The van der Waals surface area contributed by atoms with Crippen LogP contribution in [0.5, 0.6) is 0 Å². The molecule has 0 spiro atoms. The summed E-state index contributed by atoms with van der Waals surface area (Å²) in [6.45, 7) is 4.43. The number of hydrogen-bond acceptors (Lipinski definition) is 2. The highest BCUT2D eigenvalue weighted by molar-refractivity contribution is 6.45. The standard InChI is InChI=1S/C19H18N2O2/c1-12-7-6-10-15-16(12)17(18(22)19(20)23)13(2)21(15)11-14-8-4-3-5-9-14/h3-10H,11H2,1-2H3,(H2,20,23). The second-order valence-electron chi connectivity index (χ2n) is 5.69. The maximum absolute atomic E-state index is 12.3. The van der Waals surface area contributed by atoms with Crippen molar-refractivity contribution in [3.05, 3.63) is 70.9 Å². The molecule has 4 nitrogen and oxygen atoms in total. The van der Waals surface area contributed by atoms with Crippen molar-refractivity contribution in [3.63, 3.8) is 0 Å². The second-order valence-corrected chi connectivity index (χ2v) is 5.69. The summed E-state index contributed by atoms with van der Waals surface area (Å²) in [5, 5.41) is 0.810. The number of nitrogens with two attached hydrogens (primary N) is 1. The molecule has 0 aliphatic carbocycles. The first-order chi connectivity index (χ1) is 11.0. The van der Waals surface area contributed by atoms with Crippen LogP contribution >= 0.6 is 0 Å². The summed E-state index contributed by atoms with van der Waals surface area (Å²) in [5.74, 6) is -1.55. The quantitative estimate of drug-likeness (QED) is 0.595. The molecule has 0 atom stereocenters. The highest BCUT2D eigenvalue weighted by Crippen LogP contribution is 2.29. The van der Waals surface area contributed by atoms with E-state index in [0.717, 1.165) is 27.7 Å². The molecule has 0 aliphatic heterocycles. The molecule has 1 heterocycles. The molecule has 2 N–H and O–H groups in total. The van der Waals surface area contributed by atoms with E-state index in [1.54, 1.807) is 0 Å². The van der Waals surface area contributed by atoms with Crippen LogP contribution in [0.1, 0.15) is 27.2 Å². The van der Waals surface area contributed by atoms with Crippen LogP contribution in [0.15, 0.2) is 48.5 Å². The van der Waals surface area contributed by atoms with Gasteiger partial charge in [0.2, 0.25) is 0 Å². The van der Waals surface area contributed by atoms with E-state index >= 15 is 0 Å². The lowest BCUT2D eigenvalue weighted by Crippen LogP contribution is -2.24. The Balaban J connectivity index is 2.27. The molecule has 4 heteroatoms. The van der Waals surface area contributed by atoms with Crippen LogP contribution in [-0.2, 0) is 11.3 Å². The average molecular weight is 306 g/mol. The van der Waals surface area contributed by atoms with Crippen LogP contribution in [0, 0.1) is 13.8 Å². The van der Waals surface area contributed by atoms with Crippen molar-refractivity contribution in [1.82, 2.24) is 4.57 Å². The molecule has 0 saturated carbocycles. The SMILES string of the molecule is Cc1cccc2c1c(C(=O)C(N)=O)c(C)n2Cc1ccccc1. The summed E-state index contributed by atoms with van der Waals surface area (Å²) in [6.07, 6.45) is 0. The Hall–Kier alpha value is -2.88. The molecule has 0 unspecified atom stereocenters. The van der Waals surface area contributed by atoms with Gasteiger partial charge in [0.05, 0.1) is 5.56 Å². The minimum absolute atomic E-state index is 0.418. The minimum atomic E-state index is -0.921. The number of rotatable bonds is 4. The molecule has 0 fully saturated rings. The molecule has 0 aliphatic rings. The molecule has 1 aromatic heterocycles. The van der Waals surface area contributed by atoms with Gasteiger partial charge in [0, 0.05) is 23.1 Å². The topological polar surface area (TPSA) is 65.1 Å². The number of Topliss-reactive ketones (excluding diaryl/α,β-unsaturated/α-hetero) is 1. The molecule has 3 aromatic rings. The van der Waals surface area contributed by atoms with Crippen LogP contribution in [0.2, 0.25) is 0 Å². The van der Waals surface area contributed by atoms with Crippen molar-refractivity contribution in [2.75, 3.05) is 0 Å². The van der Waals surface area contributed by atoms with Gasteiger partial charge in [-0.25, -0.2) is 0 Å². The zero-order valence-electron chi connectivity index (χ0n) is 13.2. The molecule has 116 valence electrons. The predicted octanol–water partition coefficient (Wildman–Crippen LogP) is 2.97. The lowest BCUT2D eigenvalue weighted by Gasteiger charge is -2.09. The van der Waals surface area contributed by atoms with Crippen LogP contribution in [0.3, 0.4) is 0 Å². The van der Waals surface area contributed by atoms with E-state index < -0.39 is 11.7 Å². The van der Waals surface area contributed by atoms with Crippen LogP contribution < -0.4 is 5.73 Å². The van der Waals surface area contributed by atoms with Crippen molar-refractivity contribution in [2.45, 2.75) is 20.4 Å². The number of fused-ring (bicyclic) bond motifs is 1. The first kappa shape index (κ1) is 15.0. The first-order valence-electron chi connectivity index (χ1n) is 7.47. The Kier molecular flexibility index (Phi) is 3.74. The van der Waals surface area contributed by atoms with Gasteiger partial charge in [-0.2, -0.15) is 0 Å². The van der Waals surface area contributed by atoms with E-state index in [1.807, 2.05) is 62.4 Å². The maximum atomic E-state index is 12.3. The number of aryl methyl sites for hydroxylation is 1. The van der Waals surface area contributed by atoms with Crippen LogP contribution in [0.25, 0.3) is 10.9 Å².